The molecule has 2 aromatic heterocycles. The van der Waals surface area contributed by atoms with Crippen molar-refractivity contribution in [1.29, 1.82) is 0 Å². The van der Waals surface area contributed by atoms with Crippen molar-refractivity contribution in [3.63, 3.8) is 0 Å². The van der Waals surface area contributed by atoms with Gasteiger partial charge in [0.25, 0.3) is 0 Å². The van der Waals surface area contributed by atoms with Crippen molar-refractivity contribution in [2.75, 3.05) is 20.1 Å². The second-order valence-corrected chi connectivity index (χ2v) is 7.04. The number of guanidine groups is 1. The van der Waals surface area contributed by atoms with E-state index < -0.39 is 0 Å². The summed E-state index contributed by atoms with van der Waals surface area (Å²) >= 11 is 0. The van der Waals surface area contributed by atoms with E-state index in [1.54, 1.807) is 13.2 Å². The number of nitrogens with zero attached hydrogens (tertiary/aromatic N) is 4. The van der Waals surface area contributed by atoms with Gasteiger partial charge in [-0.15, -0.1) is 0 Å². The van der Waals surface area contributed by atoms with Crippen LogP contribution in [0.5, 0.6) is 0 Å². The number of fused-ring (bicyclic) bond motifs is 1. The third kappa shape index (κ3) is 4.84. The normalized spacial score (nSPS) is 11.6. The Morgan fingerprint density at radius 2 is 1.70 bits per heavy atom. The van der Waals surface area contributed by atoms with E-state index in [0.29, 0.717) is 0 Å². The summed E-state index contributed by atoms with van der Waals surface area (Å²) in [5.74, 6) is 0.816. The van der Waals surface area contributed by atoms with Gasteiger partial charge in [0.2, 0.25) is 0 Å². The lowest BCUT2D eigenvalue weighted by molar-refractivity contribution is 0.785. The van der Waals surface area contributed by atoms with Crippen molar-refractivity contribution in [2.24, 2.45) is 4.99 Å². The van der Waals surface area contributed by atoms with Gasteiger partial charge in [-0.05, 0) is 48.2 Å². The van der Waals surface area contributed by atoms with Crippen molar-refractivity contribution in [3.05, 3.63) is 90.4 Å². The van der Waals surface area contributed by atoms with Crippen molar-refractivity contribution in [2.45, 2.75) is 12.8 Å². The summed E-state index contributed by atoms with van der Waals surface area (Å²) in [5, 5.41) is 12.2. The highest BCUT2D eigenvalue weighted by atomic mass is 15.3. The first-order chi connectivity index (χ1) is 14.8. The third-order valence-electron chi connectivity index (χ3n) is 5.04. The van der Waals surface area contributed by atoms with Gasteiger partial charge in [-0.3, -0.25) is 9.98 Å². The largest absolute Gasteiger partial charge is 0.356 e. The summed E-state index contributed by atoms with van der Waals surface area (Å²) in [6.07, 6.45) is 7.40. The van der Waals surface area contributed by atoms with E-state index in [1.807, 2.05) is 29.2 Å². The molecule has 0 amide bonds. The molecule has 30 heavy (non-hydrogen) atoms. The number of nitrogens with one attached hydrogen (secondary N) is 2. The number of pyridine rings is 1. The fourth-order valence-electron chi connectivity index (χ4n) is 3.47. The van der Waals surface area contributed by atoms with Gasteiger partial charge in [0.15, 0.2) is 5.96 Å². The van der Waals surface area contributed by atoms with Crippen LogP contribution >= 0.6 is 0 Å². The molecule has 4 rings (SSSR count). The Morgan fingerprint density at radius 3 is 2.47 bits per heavy atom. The molecule has 4 aromatic rings. The Balaban J connectivity index is 1.24. The molecule has 6 nitrogen and oxygen atoms in total. The average molecular weight is 399 g/mol. The van der Waals surface area contributed by atoms with Crippen molar-refractivity contribution >= 4 is 16.9 Å². The molecule has 2 aromatic carbocycles. The molecule has 152 valence electrons. The molecule has 0 unspecified atom stereocenters. The van der Waals surface area contributed by atoms with Crippen LogP contribution in [0.2, 0.25) is 0 Å². The molecule has 0 bridgehead atoms. The van der Waals surface area contributed by atoms with Gasteiger partial charge < -0.3 is 10.6 Å². The molecule has 0 aliphatic heterocycles. The smallest absolute Gasteiger partial charge is 0.190 e. The molecule has 0 spiro atoms. The predicted molar refractivity (Wildman–Crippen MR) is 122 cm³/mol. The van der Waals surface area contributed by atoms with E-state index in [2.05, 4.69) is 74.2 Å². The van der Waals surface area contributed by atoms with E-state index in [4.69, 9.17) is 0 Å². The van der Waals surface area contributed by atoms with Gasteiger partial charge in [0.05, 0.1) is 11.2 Å². The van der Waals surface area contributed by atoms with Crippen LogP contribution in [-0.4, -0.2) is 40.9 Å². The third-order valence-corrected chi connectivity index (χ3v) is 5.04. The zero-order valence-electron chi connectivity index (χ0n) is 17.1. The van der Waals surface area contributed by atoms with Gasteiger partial charge in [0.1, 0.15) is 0 Å². The number of aliphatic imine (C=N–C) groups is 1. The van der Waals surface area contributed by atoms with Gasteiger partial charge in [0, 0.05) is 44.1 Å². The summed E-state index contributed by atoms with van der Waals surface area (Å²) in [4.78, 5) is 8.85. The number of hydrogen-bond donors (Lipinski definition) is 2. The molecule has 2 N–H and O–H groups in total. The summed E-state index contributed by atoms with van der Waals surface area (Å²) in [6.45, 7) is 1.62. The second kappa shape index (κ2) is 9.69. The maximum Gasteiger partial charge on any atom is 0.190 e. The molecular formula is C24H26N6. The molecule has 6 heteroatoms. The Labute approximate surface area is 176 Å². The molecule has 0 radical (unpaired) electrons. The lowest BCUT2D eigenvalue weighted by Crippen LogP contribution is -2.39. The van der Waals surface area contributed by atoms with E-state index in [-0.39, 0.29) is 0 Å². The maximum atomic E-state index is 4.53. The maximum absolute atomic E-state index is 4.53. The molecular weight excluding hydrogens is 372 g/mol. The summed E-state index contributed by atoms with van der Waals surface area (Å²) in [7, 11) is 1.80. The fraction of sp³-hybridized carbons (Fsp3) is 0.208. The molecule has 0 fully saturated rings. The fourth-order valence-corrected chi connectivity index (χ4v) is 3.47. The van der Waals surface area contributed by atoms with Crippen molar-refractivity contribution in [3.8, 4) is 5.69 Å². The lowest BCUT2D eigenvalue weighted by Gasteiger charge is -2.12. The van der Waals surface area contributed by atoms with Gasteiger partial charge in [-0.2, -0.15) is 5.10 Å². The standard InChI is InChI=1S/C24H26N6/c1-25-24(28-17-13-21-6-2-5-20-7-3-14-26-23(20)21)27-16-12-19-8-10-22(11-9-19)30-18-4-15-29-30/h2-11,14-15,18H,12-13,16-17H2,1H3,(H2,25,27,28). The van der Waals surface area contributed by atoms with Crippen molar-refractivity contribution in [1.82, 2.24) is 25.4 Å². The first-order valence-electron chi connectivity index (χ1n) is 10.2. The summed E-state index contributed by atoms with van der Waals surface area (Å²) in [6, 6.07) is 20.8. The predicted octanol–water partition coefficient (Wildman–Crippen LogP) is 3.37. The number of benzene rings is 2. The summed E-state index contributed by atoms with van der Waals surface area (Å²) < 4.78 is 1.86. The minimum absolute atomic E-state index is 0.800. The van der Waals surface area contributed by atoms with Gasteiger partial charge >= 0.3 is 0 Å². The molecule has 0 aliphatic carbocycles. The van der Waals surface area contributed by atoms with Crippen LogP contribution in [-0.2, 0) is 12.8 Å². The minimum Gasteiger partial charge on any atom is -0.356 e. The first kappa shape index (κ1) is 19.6. The number of aromatic nitrogens is 3. The van der Waals surface area contributed by atoms with E-state index >= 15 is 0 Å². The van der Waals surface area contributed by atoms with Crippen LogP contribution in [0, 0.1) is 0 Å². The second-order valence-electron chi connectivity index (χ2n) is 7.04. The van der Waals surface area contributed by atoms with Crippen LogP contribution in [0.3, 0.4) is 0 Å². The Hall–Kier alpha value is -3.67. The van der Waals surface area contributed by atoms with E-state index in [0.717, 1.165) is 43.1 Å². The highest BCUT2D eigenvalue weighted by Gasteiger charge is 2.03. The van der Waals surface area contributed by atoms with E-state index in [9.17, 15) is 0 Å². The molecule has 0 saturated carbocycles. The monoisotopic (exact) mass is 398 g/mol. The van der Waals surface area contributed by atoms with Crippen LogP contribution in [0.25, 0.3) is 16.6 Å². The minimum atomic E-state index is 0.800. The van der Waals surface area contributed by atoms with E-state index in [1.165, 1.54) is 16.5 Å². The van der Waals surface area contributed by atoms with Crippen LogP contribution < -0.4 is 10.6 Å². The average Bonchev–Trinajstić information content (AvgIpc) is 3.33. The number of hydrogen-bond acceptors (Lipinski definition) is 3. The van der Waals surface area contributed by atoms with Crippen LogP contribution in [0.1, 0.15) is 11.1 Å². The topological polar surface area (TPSA) is 67.1 Å². The molecule has 0 aliphatic rings. The zero-order chi connectivity index (χ0) is 20.6. The molecule has 0 atom stereocenters. The molecule has 2 heterocycles. The Kier molecular flexibility index (Phi) is 6.35. The SMILES string of the molecule is CN=C(NCCc1ccc(-n2cccn2)cc1)NCCc1cccc2cccnc12. The van der Waals surface area contributed by atoms with Gasteiger partial charge in [-0.1, -0.05) is 36.4 Å². The van der Waals surface area contributed by atoms with Gasteiger partial charge in [-0.25, -0.2) is 4.68 Å². The highest BCUT2D eigenvalue weighted by molar-refractivity contribution is 5.82. The van der Waals surface area contributed by atoms with Crippen LogP contribution in [0.4, 0.5) is 0 Å². The molecule has 0 saturated heterocycles. The first-order valence-corrected chi connectivity index (χ1v) is 10.2. The Morgan fingerprint density at radius 1 is 0.900 bits per heavy atom. The number of rotatable bonds is 7. The van der Waals surface area contributed by atoms with Crippen LogP contribution in [0.15, 0.2) is 84.2 Å². The number of para-hydroxylation sites is 1. The Bertz CT molecular complexity index is 1090. The van der Waals surface area contributed by atoms with Crippen molar-refractivity contribution < 1.29 is 0 Å². The quantitative estimate of drug-likeness (QED) is 0.370. The summed E-state index contributed by atoms with van der Waals surface area (Å²) in [5.41, 5.74) is 4.66. The lowest BCUT2D eigenvalue weighted by atomic mass is 10.1. The zero-order valence-corrected chi connectivity index (χ0v) is 17.1. The highest BCUT2D eigenvalue weighted by Crippen LogP contribution is 2.16.